The van der Waals surface area contributed by atoms with Crippen molar-refractivity contribution < 1.29 is 13.7 Å². The lowest BCUT2D eigenvalue weighted by Crippen LogP contribution is -2.48. The van der Waals surface area contributed by atoms with Crippen molar-refractivity contribution in [1.29, 1.82) is 0 Å². The zero-order valence-electron chi connectivity index (χ0n) is 12.5. The summed E-state index contributed by atoms with van der Waals surface area (Å²) in [6, 6.07) is 7.20. The Bertz CT molecular complexity index is 860. The molecule has 3 aromatic rings. The van der Waals surface area contributed by atoms with Gasteiger partial charge in [-0.05, 0) is 30.3 Å². The highest BCUT2D eigenvalue weighted by atomic mass is 19.1. The maximum Gasteiger partial charge on any atom is 0.253 e. The number of nitrogens with zero attached hydrogens (tertiary/aromatic N) is 5. The molecule has 3 heterocycles. The summed E-state index contributed by atoms with van der Waals surface area (Å²) in [5.74, 6) is 0.659. The molecule has 0 spiro atoms. The first-order chi connectivity index (χ1) is 11.7. The lowest BCUT2D eigenvalue weighted by molar-refractivity contribution is 0.0569. The van der Waals surface area contributed by atoms with Gasteiger partial charge in [-0.3, -0.25) is 4.79 Å². The van der Waals surface area contributed by atoms with E-state index in [-0.39, 0.29) is 17.6 Å². The lowest BCUT2D eigenvalue weighted by Gasteiger charge is -2.37. The van der Waals surface area contributed by atoms with Crippen LogP contribution in [0, 0.1) is 5.82 Å². The van der Waals surface area contributed by atoms with Crippen LogP contribution in [0.1, 0.15) is 22.2 Å². The quantitative estimate of drug-likeness (QED) is 0.731. The third kappa shape index (κ3) is 2.62. The van der Waals surface area contributed by atoms with E-state index in [1.165, 1.54) is 24.3 Å². The summed E-state index contributed by atoms with van der Waals surface area (Å²) in [6.07, 6.45) is 3.20. The smallest absolute Gasteiger partial charge is 0.253 e. The van der Waals surface area contributed by atoms with Crippen molar-refractivity contribution in [2.45, 2.75) is 5.92 Å². The van der Waals surface area contributed by atoms with Gasteiger partial charge in [0, 0.05) is 31.0 Å². The van der Waals surface area contributed by atoms with Crippen molar-refractivity contribution in [2.24, 2.45) is 0 Å². The number of aromatic nitrogens is 4. The summed E-state index contributed by atoms with van der Waals surface area (Å²) < 4.78 is 18.2. The van der Waals surface area contributed by atoms with Crippen LogP contribution in [0.3, 0.4) is 0 Å². The molecule has 4 rings (SSSR count). The van der Waals surface area contributed by atoms with E-state index < -0.39 is 0 Å². The van der Waals surface area contributed by atoms with Gasteiger partial charge in [0.05, 0.1) is 5.92 Å². The second-order valence-corrected chi connectivity index (χ2v) is 5.44. The number of amides is 1. The van der Waals surface area contributed by atoms with Crippen LogP contribution in [0.4, 0.5) is 4.39 Å². The molecule has 1 aliphatic rings. The number of carbonyl (C=O) groups excluding carboxylic acids is 1. The Morgan fingerprint density at radius 2 is 1.83 bits per heavy atom. The van der Waals surface area contributed by atoms with Gasteiger partial charge < -0.3 is 9.42 Å². The SMILES string of the molecule is O=C(c1ccc(F)cc1)N1CC(c2nc(-c3ncccn3)no2)C1. The average molecular weight is 325 g/mol. The van der Waals surface area contributed by atoms with Gasteiger partial charge in [0.25, 0.3) is 5.91 Å². The molecule has 1 fully saturated rings. The van der Waals surface area contributed by atoms with Crippen molar-refractivity contribution in [3.63, 3.8) is 0 Å². The van der Waals surface area contributed by atoms with Crippen molar-refractivity contribution in [3.05, 3.63) is 60.0 Å². The van der Waals surface area contributed by atoms with Gasteiger partial charge in [-0.1, -0.05) is 5.16 Å². The first-order valence-corrected chi connectivity index (χ1v) is 7.36. The molecule has 7 nitrogen and oxygen atoms in total. The first-order valence-electron chi connectivity index (χ1n) is 7.36. The number of halogens is 1. The molecule has 1 aromatic carbocycles. The van der Waals surface area contributed by atoms with Crippen LogP contribution in [0.2, 0.25) is 0 Å². The Kier molecular flexibility index (Phi) is 3.49. The van der Waals surface area contributed by atoms with Crippen LogP contribution in [0.25, 0.3) is 11.6 Å². The standard InChI is InChI=1S/C16H12FN5O2/c17-12-4-2-10(3-5-12)16(23)22-8-11(9-22)15-20-14(21-24-15)13-18-6-1-7-19-13/h1-7,11H,8-9H2. The fourth-order valence-corrected chi connectivity index (χ4v) is 2.48. The number of hydrogen-bond acceptors (Lipinski definition) is 6. The van der Waals surface area contributed by atoms with Crippen LogP contribution in [-0.4, -0.2) is 44.0 Å². The second kappa shape index (κ2) is 5.80. The van der Waals surface area contributed by atoms with E-state index in [1.807, 2.05) is 0 Å². The third-order valence-corrected chi connectivity index (χ3v) is 3.82. The largest absolute Gasteiger partial charge is 0.338 e. The highest BCUT2D eigenvalue weighted by molar-refractivity contribution is 5.94. The predicted molar refractivity (Wildman–Crippen MR) is 80.4 cm³/mol. The number of rotatable bonds is 3. The highest BCUT2D eigenvalue weighted by Gasteiger charge is 2.36. The van der Waals surface area contributed by atoms with Crippen LogP contribution >= 0.6 is 0 Å². The summed E-state index contributed by atoms with van der Waals surface area (Å²) in [5.41, 5.74) is 0.457. The molecule has 8 heteroatoms. The third-order valence-electron chi connectivity index (χ3n) is 3.82. The van der Waals surface area contributed by atoms with E-state index in [0.29, 0.717) is 36.2 Å². The minimum Gasteiger partial charge on any atom is -0.338 e. The van der Waals surface area contributed by atoms with Gasteiger partial charge in [0.2, 0.25) is 17.5 Å². The lowest BCUT2D eigenvalue weighted by atomic mass is 9.99. The van der Waals surface area contributed by atoms with Crippen LogP contribution in [-0.2, 0) is 0 Å². The summed E-state index contributed by atoms with van der Waals surface area (Å²) in [7, 11) is 0. The van der Waals surface area contributed by atoms with E-state index in [4.69, 9.17) is 4.52 Å². The average Bonchev–Trinajstić information content (AvgIpc) is 3.04. The highest BCUT2D eigenvalue weighted by Crippen LogP contribution is 2.28. The normalized spacial score (nSPS) is 14.5. The van der Waals surface area contributed by atoms with E-state index in [1.54, 1.807) is 23.4 Å². The molecule has 0 aliphatic carbocycles. The van der Waals surface area contributed by atoms with Gasteiger partial charge in [0.1, 0.15) is 5.82 Å². The molecule has 1 amide bonds. The first kappa shape index (κ1) is 14.4. The van der Waals surface area contributed by atoms with Gasteiger partial charge >= 0.3 is 0 Å². The van der Waals surface area contributed by atoms with Crippen LogP contribution in [0.5, 0.6) is 0 Å². The molecule has 120 valence electrons. The van der Waals surface area contributed by atoms with Crippen LogP contribution < -0.4 is 0 Å². The molecule has 2 aromatic heterocycles. The summed E-state index contributed by atoms with van der Waals surface area (Å²) in [5, 5.41) is 3.87. The molecular weight excluding hydrogens is 313 g/mol. The molecule has 0 atom stereocenters. The zero-order chi connectivity index (χ0) is 16.5. The fourth-order valence-electron chi connectivity index (χ4n) is 2.48. The summed E-state index contributed by atoms with van der Waals surface area (Å²) in [4.78, 5) is 26.3. The van der Waals surface area contributed by atoms with Crippen molar-refractivity contribution >= 4 is 5.91 Å². The molecule has 0 bridgehead atoms. The van der Waals surface area contributed by atoms with E-state index in [2.05, 4.69) is 20.1 Å². The number of likely N-dealkylation sites (tertiary alicyclic amines) is 1. The van der Waals surface area contributed by atoms with Crippen LogP contribution in [0.15, 0.2) is 47.2 Å². The van der Waals surface area contributed by atoms with Gasteiger partial charge in [-0.2, -0.15) is 4.98 Å². The molecule has 24 heavy (non-hydrogen) atoms. The Balaban J connectivity index is 1.42. The molecule has 1 saturated heterocycles. The Morgan fingerprint density at radius 1 is 1.12 bits per heavy atom. The molecule has 0 unspecified atom stereocenters. The zero-order valence-corrected chi connectivity index (χ0v) is 12.5. The topological polar surface area (TPSA) is 85.0 Å². The van der Waals surface area contributed by atoms with Crippen molar-refractivity contribution in [3.8, 4) is 11.6 Å². The number of hydrogen-bond donors (Lipinski definition) is 0. The Hall–Kier alpha value is -3.16. The van der Waals surface area contributed by atoms with Gasteiger partial charge in [-0.15, -0.1) is 0 Å². The maximum atomic E-state index is 12.9. The Labute approximate surface area is 136 Å². The van der Waals surface area contributed by atoms with Crippen molar-refractivity contribution in [1.82, 2.24) is 25.0 Å². The molecular formula is C16H12FN5O2. The summed E-state index contributed by atoms with van der Waals surface area (Å²) >= 11 is 0. The van der Waals surface area contributed by atoms with Crippen molar-refractivity contribution in [2.75, 3.05) is 13.1 Å². The minimum atomic E-state index is -0.366. The van der Waals surface area contributed by atoms with E-state index in [9.17, 15) is 9.18 Å². The van der Waals surface area contributed by atoms with Gasteiger partial charge in [0.15, 0.2) is 0 Å². The number of benzene rings is 1. The number of carbonyl (C=O) groups is 1. The summed E-state index contributed by atoms with van der Waals surface area (Å²) in [6.45, 7) is 0.959. The second-order valence-electron chi connectivity index (χ2n) is 5.44. The van der Waals surface area contributed by atoms with Gasteiger partial charge in [-0.25, -0.2) is 14.4 Å². The van der Waals surface area contributed by atoms with E-state index >= 15 is 0 Å². The molecule has 0 N–H and O–H groups in total. The monoisotopic (exact) mass is 325 g/mol. The molecule has 1 aliphatic heterocycles. The molecule has 0 saturated carbocycles. The minimum absolute atomic E-state index is 0.0145. The van der Waals surface area contributed by atoms with E-state index in [0.717, 1.165) is 0 Å². The Morgan fingerprint density at radius 3 is 2.54 bits per heavy atom. The molecule has 0 radical (unpaired) electrons. The predicted octanol–water partition coefficient (Wildman–Crippen LogP) is 1.91. The maximum absolute atomic E-state index is 12.9. The fraction of sp³-hybridized carbons (Fsp3) is 0.188.